The zero-order valence-corrected chi connectivity index (χ0v) is 15.1. The zero-order valence-electron chi connectivity index (χ0n) is 13.5. The molecule has 0 atom stereocenters. The molecule has 1 aliphatic rings. The lowest BCUT2D eigenvalue weighted by Crippen LogP contribution is -2.37. The van der Waals surface area contributed by atoms with Crippen molar-refractivity contribution in [3.63, 3.8) is 0 Å². The Kier molecular flexibility index (Phi) is 6.12. The monoisotopic (exact) mass is 369 g/mol. The van der Waals surface area contributed by atoms with E-state index in [1.165, 1.54) is 0 Å². The van der Waals surface area contributed by atoms with Crippen LogP contribution in [-0.4, -0.2) is 37.6 Å². The second-order valence-corrected chi connectivity index (χ2v) is 6.67. The fourth-order valence-electron chi connectivity index (χ4n) is 2.58. The van der Waals surface area contributed by atoms with Crippen LogP contribution in [0.1, 0.15) is 43.5 Å². The number of amides is 1. The highest BCUT2D eigenvalue weighted by atomic mass is 79.9. The highest BCUT2D eigenvalue weighted by Gasteiger charge is 2.23. The SMILES string of the molecule is CCCOc1c(Br)cc(C(=O)N2CCC(C)CC2)cc1OC. The molecule has 1 aromatic carbocycles. The molecule has 0 saturated carbocycles. The molecule has 0 N–H and O–H groups in total. The van der Waals surface area contributed by atoms with Gasteiger partial charge in [-0.15, -0.1) is 0 Å². The molecular weight excluding hydrogens is 346 g/mol. The Labute approximate surface area is 140 Å². The number of piperidine rings is 1. The van der Waals surface area contributed by atoms with Gasteiger partial charge in [0.15, 0.2) is 11.5 Å². The van der Waals surface area contributed by atoms with Crippen LogP contribution >= 0.6 is 15.9 Å². The molecule has 5 heteroatoms. The molecule has 1 aliphatic heterocycles. The predicted molar refractivity (Wildman–Crippen MR) is 90.8 cm³/mol. The van der Waals surface area contributed by atoms with Gasteiger partial charge in [0.25, 0.3) is 5.91 Å². The molecule has 0 aliphatic carbocycles. The van der Waals surface area contributed by atoms with Crippen molar-refractivity contribution in [3.8, 4) is 11.5 Å². The predicted octanol–water partition coefficient (Wildman–Crippen LogP) is 4.12. The molecule has 0 spiro atoms. The molecule has 1 aromatic rings. The van der Waals surface area contributed by atoms with Gasteiger partial charge in [0.05, 0.1) is 18.2 Å². The lowest BCUT2D eigenvalue weighted by Gasteiger charge is -2.30. The van der Waals surface area contributed by atoms with Crippen LogP contribution in [0.5, 0.6) is 11.5 Å². The van der Waals surface area contributed by atoms with Crippen LogP contribution in [0.15, 0.2) is 16.6 Å². The number of likely N-dealkylation sites (tertiary alicyclic amines) is 1. The van der Waals surface area contributed by atoms with Crippen molar-refractivity contribution in [2.24, 2.45) is 5.92 Å². The minimum atomic E-state index is 0.0629. The maximum Gasteiger partial charge on any atom is 0.254 e. The van der Waals surface area contributed by atoms with E-state index in [1.807, 2.05) is 11.0 Å². The summed E-state index contributed by atoms with van der Waals surface area (Å²) < 4.78 is 11.9. The number of benzene rings is 1. The largest absolute Gasteiger partial charge is 0.493 e. The first kappa shape index (κ1) is 17.1. The third kappa shape index (κ3) is 3.94. The van der Waals surface area contributed by atoms with Crippen molar-refractivity contribution in [2.45, 2.75) is 33.1 Å². The second kappa shape index (κ2) is 7.86. The average Bonchev–Trinajstić information content (AvgIpc) is 2.53. The van der Waals surface area contributed by atoms with E-state index in [9.17, 15) is 4.79 Å². The van der Waals surface area contributed by atoms with E-state index < -0.39 is 0 Å². The molecule has 0 bridgehead atoms. The summed E-state index contributed by atoms with van der Waals surface area (Å²) in [5, 5.41) is 0. The number of halogens is 1. The second-order valence-electron chi connectivity index (χ2n) is 5.81. The molecular formula is C17H24BrNO3. The number of methoxy groups -OCH3 is 1. The number of hydrogen-bond donors (Lipinski definition) is 0. The van der Waals surface area contributed by atoms with E-state index >= 15 is 0 Å². The van der Waals surface area contributed by atoms with Crippen LogP contribution in [-0.2, 0) is 0 Å². The number of ether oxygens (including phenoxy) is 2. The van der Waals surface area contributed by atoms with E-state index in [2.05, 4.69) is 29.8 Å². The minimum absolute atomic E-state index is 0.0629. The minimum Gasteiger partial charge on any atom is -0.493 e. The van der Waals surface area contributed by atoms with E-state index in [-0.39, 0.29) is 5.91 Å². The van der Waals surface area contributed by atoms with Gasteiger partial charge in [-0.05, 0) is 53.2 Å². The van der Waals surface area contributed by atoms with Crippen LogP contribution in [0.2, 0.25) is 0 Å². The van der Waals surface area contributed by atoms with Gasteiger partial charge < -0.3 is 14.4 Å². The van der Waals surface area contributed by atoms with Crippen LogP contribution in [0.25, 0.3) is 0 Å². The quantitative estimate of drug-likeness (QED) is 0.783. The molecule has 1 heterocycles. The summed E-state index contributed by atoms with van der Waals surface area (Å²) in [6.45, 7) is 6.56. The summed E-state index contributed by atoms with van der Waals surface area (Å²) in [7, 11) is 1.59. The zero-order chi connectivity index (χ0) is 16.1. The Hall–Kier alpha value is -1.23. The summed E-state index contributed by atoms with van der Waals surface area (Å²) in [4.78, 5) is 14.6. The molecule has 0 aromatic heterocycles. The molecule has 1 amide bonds. The third-order valence-electron chi connectivity index (χ3n) is 4.00. The first-order chi connectivity index (χ1) is 10.6. The van der Waals surface area contributed by atoms with Crippen LogP contribution < -0.4 is 9.47 Å². The molecule has 0 unspecified atom stereocenters. The Bertz CT molecular complexity index is 525. The molecule has 1 fully saturated rings. The fourth-order valence-corrected chi connectivity index (χ4v) is 3.14. The normalized spacial score (nSPS) is 15.7. The fraction of sp³-hybridized carbons (Fsp3) is 0.588. The van der Waals surface area contributed by atoms with E-state index in [4.69, 9.17) is 9.47 Å². The van der Waals surface area contributed by atoms with Crippen LogP contribution in [0.4, 0.5) is 0 Å². The topological polar surface area (TPSA) is 38.8 Å². The average molecular weight is 370 g/mol. The molecule has 0 radical (unpaired) electrons. The standard InChI is InChI=1S/C17H24BrNO3/c1-4-9-22-16-14(18)10-13(11-15(16)21-3)17(20)19-7-5-12(2)6-8-19/h10-12H,4-9H2,1-3H3. The van der Waals surface area contributed by atoms with Crippen molar-refractivity contribution >= 4 is 21.8 Å². The van der Waals surface area contributed by atoms with Crippen molar-refractivity contribution in [1.29, 1.82) is 0 Å². The van der Waals surface area contributed by atoms with Crippen molar-refractivity contribution < 1.29 is 14.3 Å². The van der Waals surface area contributed by atoms with Gasteiger partial charge in [-0.3, -0.25) is 4.79 Å². The molecule has 22 heavy (non-hydrogen) atoms. The Balaban J connectivity index is 2.20. The summed E-state index contributed by atoms with van der Waals surface area (Å²) in [5.74, 6) is 2.02. The molecule has 2 rings (SSSR count). The summed E-state index contributed by atoms with van der Waals surface area (Å²) >= 11 is 3.50. The molecule has 4 nitrogen and oxygen atoms in total. The van der Waals surface area contributed by atoms with E-state index in [1.54, 1.807) is 13.2 Å². The smallest absolute Gasteiger partial charge is 0.254 e. The van der Waals surface area contributed by atoms with Gasteiger partial charge in [0.2, 0.25) is 0 Å². The Morgan fingerprint density at radius 2 is 2.05 bits per heavy atom. The van der Waals surface area contributed by atoms with Crippen LogP contribution in [0, 0.1) is 5.92 Å². The van der Waals surface area contributed by atoms with Crippen molar-refractivity contribution in [2.75, 3.05) is 26.8 Å². The van der Waals surface area contributed by atoms with Crippen LogP contribution in [0.3, 0.4) is 0 Å². The summed E-state index contributed by atoms with van der Waals surface area (Å²) in [5.41, 5.74) is 0.641. The van der Waals surface area contributed by atoms with Crippen molar-refractivity contribution in [1.82, 2.24) is 4.90 Å². The summed E-state index contributed by atoms with van der Waals surface area (Å²) in [6.07, 6.45) is 3.06. The van der Waals surface area contributed by atoms with Gasteiger partial charge in [0.1, 0.15) is 0 Å². The Morgan fingerprint density at radius 1 is 1.36 bits per heavy atom. The first-order valence-electron chi connectivity index (χ1n) is 7.86. The number of hydrogen-bond acceptors (Lipinski definition) is 3. The highest BCUT2D eigenvalue weighted by molar-refractivity contribution is 9.10. The van der Waals surface area contributed by atoms with Gasteiger partial charge >= 0.3 is 0 Å². The number of carbonyl (C=O) groups excluding carboxylic acids is 1. The lowest BCUT2D eigenvalue weighted by molar-refractivity contribution is 0.0696. The summed E-state index contributed by atoms with van der Waals surface area (Å²) in [6, 6.07) is 3.60. The molecule has 122 valence electrons. The van der Waals surface area contributed by atoms with E-state index in [0.29, 0.717) is 29.6 Å². The number of nitrogens with zero attached hydrogens (tertiary/aromatic N) is 1. The van der Waals surface area contributed by atoms with Crippen molar-refractivity contribution in [3.05, 3.63) is 22.2 Å². The van der Waals surface area contributed by atoms with Gasteiger partial charge in [-0.2, -0.15) is 0 Å². The highest BCUT2D eigenvalue weighted by Crippen LogP contribution is 2.37. The van der Waals surface area contributed by atoms with Gasteiger partial charge in [0, 0.05) is 18.7 Å². The van der Waals surface area contributed by atoms with E-state index in [0.717, 1.165) is 36.8 Å². The number of rotatable bonds is 5. The lowest BCUT2D eigenvalue weighted by atomic mass is 9.98. The molecule has 1 saturated heterocycles. The number of carbonyl (C=O) groups is 1. The maximum atomic E-state index is 12.7. The Morgan fingerprint density at radius 3 is 2.64 bits per heavy atom. The maximum absolute atomic E-state index is 12.7. The van der Waals surface area contributed by atoms with Gasteiger partial charge in [-0.1, -0.05) is 13.8 Å². The third-order valence-corrected chi connectivity index (χ3v) is 4.59. The first-order valence-corrected chi connectivity index (χ1v) is 8.65. The van der Waals surface area contributed by atoms with Gasteiger partial charge in [-0.25, -0.2) is 0 Å².